The third-order valence-electron chi connectivity index (χ3n) is 6.58. The summed E-state index contributed by atoms with van der Waals surface area (Å²) in [6.07, 6.45) is 2.76. The molecule has 0 spiro atoms. The quantitative estimate of drug-likeness (QED) is 0.399. The maximum Gasteiger partial charge on any atom is 0.260 e. The molecular formula is C26H34N4O5S2. The molecule has 1 atom stereocenters. The second-order valence-electron chi connectivity index (χ2n) is 9.42. The number of aromatic nitrogens is 1. The van der Waals surface area contributed by atoms with Gasteiger partial charge in [-0.05, 0) is 58.1 Å². The van der Waals surface area contributed by atoms with Gasteiger partial charge in [0.1, 0.15) is 0 Å². The molecule has 0 bridgehead atoms. The van der Waals surface area contributed by atoms with E-state index in [0.29, 0.717) is 47.3 Å². The van der Waals surface area contributed by atoms with Crippen molar-refractivity contribution in [3.8, 4) is 11.5 Å². The predicted molar refractivity (Wildman–Crippen MR) is 147 cm³/mol. The minimum Gasteiger partial charge on any atom is -0.493 e. The fourth-order valence-corrected chi connectivity index (χ4v) is 7.13. The lowest BCUT2D eigenvalue weighted by atomic mass is 10.1. The molecular weight excluding hydrogens is 512 g/mol. The fourth-order valence-electron chi connectivity index (χ4n) is 4.43. The zero-order chi connectivity index (χ0) is 26.7. The molecule has 1 aromatic heterocycles. The number of methoxy groups -OCH3 is 2. The van der Waals surface area contributed by atoms with E-state index in [9.17, 15) is 13.2 Å². The average molecular weight is 547 g/mol. The van der Waals surface area contributed by atoms with Crippen molar-refractivity contribution >= 4 is 42.6 Å². The Bertz CT molecular complexity index is 1310. The summed E-state index contributed by atoms with van der Waals surface area (Å²) >= 11 is 1.39. The monoisotopic (exact) mass is 546 g/mol. The van der Waals surface area contributed by atoms with Gasteiger partial charge in [0, 0.05) is 43.4 Å². The van der Waals surface area contributed by atoms with Crippen LogP contribution in [-0.4, -0.2) is 82.5 Å². The molecule has 200 valence electrons. The number of rotatable bonds is 9. The number of carbonyl (C=O) groups excluding carboxylic acids is 1. The van der Waals surface area contributed by atoms with Crippen LogP contribution in [0.4, 0.5) is 5.13 Å². The van der Waals surface area contributed by atoms with E-state index in [-0.39, 0.29) is 16.8 Å². The highest BCUT2D eigenvalue weighted by Gasteiger charge is 2.31. The van der Waals surface area contributed by atoms with Crippen LogP contribution < -0.4 is 14.4 Å². The molecule has 1 fully saturated rings. The first-order valence-electron chi connectivity index (χ1n) is 12.3. The molecule has 4 rings (SSSR count). The average Bonchev–Trinajstić information content (AvgIpc) is 3.30. The Morgan fingerprint density at radius 2 is 1.76 bits per heavy atom. The number of piperidine rings is 1. The van der Waals surface area contributed by atoms with Crippen molar-refractivity contribution in [2.45, 2.75) is 37.1 Å². The van der Waals surface area contributed by atoms with Crippen LogP contribution in [0.15, 0.2) is 41.3 Å². The van der Waals surface area contributed by atoms with E-state index in [1.54, 1.807) is 41.6 Å². The first-order chi connectivity index (χ1) is 17.6. The number of carbonyl (C=O) groups is 1. The third-order valence-corrected chi connectivity index (χ3v) is 9.65. The van der Waals surface area contributed by atoms with Crippen molar-refractivity contribution < 1.29 is 22.7 Å². The molecule has 1 aliphatic heterocycles. The van der Waals surface area contributed by atoms with Gasteiger partial charge in [-0.2, -0.15) is 4.31 Å². The molecule has 0 aliphatic carbocycles. The predicted octanol–water partition coefficient (Wildman–Crippen LogP) is 4.09. The SMILES string of the molecule is COc1cc2nc(N(CCN(C)C)C(=O)c3ccc(S(=O)(=O)N4CCCCC4C)cc3)sc2cc1OC. The maximum absolute atomic E-state index is 13.7. The van der Waals surface area contributed by atoms with Gasteiger partial charge in [-0.3, -0.25) is 9.69 Å². The van der Waals surface area contributed by atoms with Gasteiger partial charge in [0.15, 0.2) is 16.6 Å². The molecule has 0 N–H and O–H groups in total. The van der Waals surface area contributed by atoms with E-state index in [4.69, 9.17) is 14.5 Å². The van der Waals surface area contributed by atoms with Crippen molar-refractivity contribution in [2.75, 3.05) is 52.8 Å². The van der Waals surface area contributed by atoms with Crippen LogP contribution in [-0.2, 0) is 10.0 Å². The van der Waals surface area contributed by atoms with Crippen LogP contribution in [0.3, 0.4) is 0 Å². The molecule has 2 heterocycles. The van der Waals surface area contributed by atoms with Gasteiger partial charge in [-0.15, -0.1) is 0 Å². The Morgan fingerprint density at radius 3 is 2.38 bits per heavy atom. The Labute approximate surface area is 222 Å². The van der Waals surface area contributed by atoms with Gasteiger partial charge < -0.3 is 14.4 Å². The Morgan fingerprint density at radius 1 is 1.08 bits per heavy atom. The third kappa shape index (κ3) is 5.74. The zero-order valence-electron chi connectivity index (χ0n) is 21.9. The molecule has 0 saturated carbocycles. The number of hydrogen-bond acceptors (Lipinski definition) is 8. The number of hydrogen-bond donors (Lipinski definition) is 0. The van der Waals surface area contributed by atoms with E-state index in [1.807, 2.05) is 32.0 Å². The number of ether oxygens (including phenoxy) is 2. The van der Waals surface area contributed by atoms with Crippen LogP contribution >= 0.6 is 11.3 Å². The molecule has 11 heteroatoms. The Balaban J connectivity index is 1.64. The number of sulfonamides is 1. The van der Waals surface area contributed by atoms with E-state index < -0.39 is 10.0 Å². The second kappa shape index (κ2) is 11.3. The number of thiazole rings is 1. The fraction of sp³-hybridized carbons (Fsp3) is 0.462. The highest BCUT2D eigenvalue weighted by Crippen LogP contribution is 2.37. The molecule has 2 aromatic carbocycles. The molecule has 37 heavy (non-hydrogen) atoms. The number of fused-ring (bicyclic) bond motifs is 1. The molecule has 0 radical (unpaired) electrons. The Hall–Kier alpha value is -2.73. The van der Waals surface area contributed by atoms with Crippen LogP contribution in [0.5, 0.6) is 11.5 Å². The van der Waals surface area contributed by atoms with Crippen molar-refractivity contribution in [3.63, 3.8) is 0 Å². The number of amides is 1. The normalized spacial score (nSPS) is 16.8. The molecule has 3 aromatic rings. The molecule has 9 nitrogen and oxygen atoms in total. The summed E-state index contributed by atoms with van der Waals surface area (Å²) in [5, 5.41) is 0.552. The van der Waals surface area contributed by atoms with Gasteiger partial charge >= 0.3 is 0 Å². The lowest BCUT2D eigenvalue weighted by Gasteiger charge is -2.32. The first-order valence-corrected chi connectivity index (χ1v) is 14.5. The standard InChI is InChI=1S/C26H34N4O5S2/c1-18-8-6-7-13-30(18)37(32,33)20-11-9-19(10-12-20)25(31)29(15-14-28(2)3)26-27-21-16-22(34-4)23(35-5)17-24(21)36-26/h9-12,16-18H,6-8,13-15H2,1-5H3. The summed E-state index contributed by atoms with van der Waals surface area (Å²) in [6, 6.07) is 9.86. The summed E-state index contributed by atoms with van der Waals surface area (Å²) < 4.78 is 39.7. The van der Waals surface area contributed by atoms with Gasteiger partial charge in [0.05, 0.1) is 29.3 Å². The molecule has 1 saturated heterocycles. The topological polar surface area (TPSA) is 92.3 Å². The summed E-state index contributed by atoms with van der Waals surface area (Å²) in [5.74, 6) is 0.921. The van der Waals surface area contributed by atoms with Crippen molar-refractivity contribution in [2.24, 2.45) is 0 Å². The summed E-state index contributed by atoms with van der Waals surface area (Å²) in [6.45, 7) is 3.52. The molecule has 1 amide bonds. The van der Waals surface area contributed by atoms with Gasteiger partial charge in [-0.25, -0.2) is 13.4 Å². The smallest absolute Gasteiger partial charge is 0.260 e. The van der Waals surface area contributed by atoms with Crippen molar-refractivity contribution in [3.05, 3.63) is 42.0 Å². The lowest BCUT2D eigenvalue weighted by molar-refractivity contribution is 0.0985. The number of anilines is 1. The Kier molecular flexibility index (Phi) is 8.37. The van der Waals surface area contributed by atoms with E-state index in [2.05, 4.69) is 0 Å². The zero-order valence-corrected chi connectivity index (χ0v) is 23.6. The summed E-state index contributed by atoms with van der Waals surface area (Å²) in [4.78, 5) is 22.2. The number of benzene rings is 2. The number of likely N-dealkylation sites (N-methyl/N-ethyl adjacent to an activating group) is 1. The van der Waals surface area contributed by atoms with Crippen LogP contribution in [0.1, 0.15) is 36.5 Å². The van der Waals surface area contributed by atoms with E-state index >= 15 is 0 Å². The van der Waals surface area contributed by atoms with Crippen LogP contribution in [0.2, 0.25) is 0 Å². The summed E-state index contributed by atoms with van der Waals surface area (Å²) in [5.41, 5.74) is 1.11. The van der Waals surface area contributed by atoms with Gasteiger partial charge in [-0.1, -0.05) is 17.8 Å². The maximum atomic E-state index is 13.7. The van der Waals surface area contributed by atoms with Gasteiger partial charge in [0.2, 0.25) is 10.0 Å². The van der Waals surface area contributed by atoms with E-state index in [0.717, 1.165) is 24.0 Å². The molecule has 1 aliphatic rings. The first kappa shape index (κ1) is 27.3. The largest absolute Gasteiger partial charge is 0.493 e. The van der Waals surface area contributed by atoms with Crippen LogP contribution in [0.25, 0.3) is 10.2 Å². The van der Waals surface area contributed by atoms with Gasteiger partial charge in [0.25, 0.3) is 5.91 Å². The van der Waals surface area contributed by atoms with Crippen LogP contribution in [0, 0.1) is 0 Å². The minimum atomic E-state index is -3.61. The highest BCUT2D eigenvalue weighted by molar-refractivity contribution is 7.89. The minimum absolute atomic E-state index is 0.0298. The summed E-state index contributed by atoms with van der Waals surface area (Å²) in [7, 11) is 3.42. The number of nitrogens with zero attached hydrogens (tertiary/aromatic N) is 4. The molecule has 1 unspecified atom stereocenters. The van der Waals surface area contributed by atoms with Crippen molar-refractivity contribution in [1.29, 1.82) is 0 Å². The van der Waals surface area contributed by atoms with Crippen molar-refractivity contribution in [1.82, 2.24) is 14.2 Å². The highest BCUT2D eigenvalue weighted by atomic mass is 32.2. The second-order valence-corrected chi connectivity index (χ2v) is 12.3. The van der Waals surface area contributed by atoms with E-state index in [1.165, 1.54) is 23.5 Å². The lowest BCUT2D eigenvalue weighted by Crippen LogP contribution is -2.41.